The Hall–Kier alpha value is -3.66. The van der Waals surface area contributed by atoms with Gasteiger partial charge in [-0.05, 0) is 84.4 Å². The topological polar surface area (TPSA) is 95.6 Å². The first-order chi connectivity index (χ1) is 20.8. The summed E-state index contributed by atoms with van der Waals surface area (Å²) in [5.74, 6) is -4.22. The maximum Gasteiger partial charge on any atom is 0.266 e. The maximum atomic E-state index is 13.4. The number of imide groups is 1. The van der Waals surface area contributed by atoms with Crippen LogP contribution in [-0.4, -0.2) is 28.0 Å². The van der Waals surface area contributed by atoms with E-state index in [2.05, 4.69) is 10.6 Å². The van der Waals surface area contributed by atoms with Crippen molar-refractivity contribution in [1.29, 1.82) is 0 Å². The molecule has 0 aromatic heterocycles. The Kier molecular flexibility index (Phi) is 7.84. The lowest BCUT2D eigenvalue weighted by molar-refractivity contribution is -0.117. The summed E-state index contributed by atoms with van der Waals surface area (Å²) in [6.07, 6.45) is 0. The van der Waals surface area contributed by atoms with E-state index in [1.807, 2.05) is 0 Å². The zero-order chi connectivity index (χ0) is 31.5. The lowest BCUT2D eigenvalue weighted by atomic mass is 10.1. The zero-order valence-corrected chi connectivity index (χ0v) is 25.8. The summed E-state index contributed by atoms with van der Waals surface area (Å²) in [6.45, 7) is 0. The zero-order valence-electron chi connectivity index (χ0n) is 22.0. The Morgan fingerprint density at radius 2 is 1.36 bits per heavy atom. The minimum atomic E-state index is -1.40. The minimum absolute atomic E-state index is 0.0253. The highest BCUT2D eigenvalue weighted by molar-refractivity contribution is 6.53. The summed E-state index contributed by atoms with van der Waals surface area (Å²) in [7, 11) is 0. The van der Waals surface area contributed by atoms with Gasteiger partial charge in [0.05, 0.1) is 33.3 Å². The Labute approximate surface area is 274 Å². The highest BCUT2D eigenvalue weighted by Crippen LogP contribution is 2.65. The third-order valence-corrected chi connectivity index (χ3v) is 8.99. The Balaban J connectivity index is 1.18. The van der Waals surface area contributed by atoms with Gasteiger partial charge in [0, 0.05) is 27.3 Å². The number of hydrogen-bond donors (Lipinski definition) is 2. The number of amides is 4. The molecule has 1 aliphatic heterocycles. The number of rotatable bonds is 6. The number of halogens is 6. The molecule has 44 heavy (non-hydrogen) atoms. The lowest BCUT2D eigenvalue weighted by Crippen LogP contribution is -2.29. The summed E-state index contributed by atoms with van der Waals surface area (Å²) < 4.78 is 12.0. The molecule has 1 heterocycles. The van der Waals surface area contributed by atoms with Crippen LogP contribution in [0.1, 0.15) is 42.6 Å². The SMILES string of the molecule is O=C(Nc1ccc2c(c1)C(=O)N(c1ccc(F)cc1)C2=O)c1cc(NC(=O)[C@H]2[C@H](c3cc(Cl)cc(Cl)c3)C2(Cl)Cl)ccc1Cl. The summed E-state index contributed by atoms with van der Waals surface area (Å²) in [6, 6.07) is 18.3. The van der Waals surface area contributed by atoms with Crippen LogP contribution >= 0.6 is 58.0 Å². The quantitative estimate of drug-likeness (QED) is 0.157. The molecule has 0 saturated heterocycles. The minimum Gasteiger partial charge on any atom is -0.326 e. The molecular weight excluding hydrogens is 675 g/mol. The van der Waals surface area contributed by atoms with Gasteiger partial charge >= 0.3 is 0 Å². The molecule has 4 aromatic rings. The van der Waals surface area contributed by atoms with Crippen molar-refractivity contribution in [3.8, 4) is 0 Å². The van der Waals surface area contributed by atoms with Gasteiger partial charge in [0.1, 0.15) is 10.2 Å². The van der Waals surface area contributed by atoms with Crippen molar-refractivity contribution in [2.75, 3.05) is 15.5 Å². The maximum absolute atomic E-state index is 13.4. The van der Waals surface area contributed by atoms with Gasteiger partial charge in [-0.2, -0.15) is 0 Å². The molecule has 0 spiro atoms. The molecule has 4 amide bonds. The van der Waals surface area contributed by atoms with E-state index in [-0.39, 0.29) is 38.8 Å². The first-order valence-electron chi connectivity index (χ1n) is 12.9. The lowest BCUT2D eigenvalue weighted by Gasteiger charge is -2.13. The van der Waals surface area contributed by atoms with Crippen molar-refractivity contribution in [2.45, 2.75) is 10.3 Å². The fourth-order valence-electron chi connectivity index (χ4n) is 5.16. The van der Waals surface area contributed by atoms with Crippen LogP contribution in [0.25, 0.3) is 0 Å². The molecule has 2 atom stereocenters. The number of hydrogen-bond acceptors (Lipinski definition) is 4. The number of fused-ring (bicyclic) bond motifs is 1. The predicted molar refractivity (Wildman–Crippen MR) is 169 cm³/mol. The van der Waals surface area contributed by atoms with Crippen molar-refractivity contribution in [3.05, 3.63) is 122 Å². The highest BCUT2D eigenvalue weighted by atomic mass is 35.5. The molecule has 0 bridgehead atoms. The van der Waals surface area contributed by atoms with Crippen molar-refractivity contribution < 1.29 is 23.6 Å². The largest absolute Gasteiger partial charge is 0.326 e. The number of benzene rings is 4. The van der Waals surface area contributed by atoms with Crippen LogP contribution in [0, 0.1) is 11.7 Å². The average molecular weight is 692 g/mol. The normalized spacial score (nSPS) is 18.2. The fraction of sp³-hybridized carbons (Fsp3) is 0.0968. The molecule has 1 aliphatic carbocycles. The van der Waals surface area contributed by atoms with E-state index in [1.54, 1.807) is 18.2 Å². The summed E-state index contributed by atoms with van der Waals surface area (Å²) in [4.78, 5) is 53.2. The second-order valence-corrected chi connectivity index (χ2v) is 12.9. The van der Waals surface area contributed by atoms with Gasteiger partial charge < -0.3 is 10.6 Å². The van der Waals surface area contributed by atoms with Crippen LogP contribution in [0.15, 0.2) is 78.9 Å². The molecule has 13 heteroatoms. The summed E-state index contributed by atoms with van der Waals surface area (Å²) in [5.41, 5.74) is 1.52. The molecule has 7 nitrogen and oxygen atoms in total. The van der Waals surface area contributed by atoms with Crippen LogP contribution in [0.5, 0.6) is 0 Å². The highest BCUT2D eigenvalue weighted by Gasteiger charge is 2.67. The van der Waals surface area contributed by atoms with Crippen molar-refractivity contribution >= 4 is 98.7 Å². The van der Waals surface area contributed by atoms with Gasteiger partial charge in [0.15, 0.2) is 0 Å². The molecule has 2 N–H and O–H groups in total. The molecule has 0 unspecified atom stereocenters. The van der Waals surface area contributed by atoms with E-state index in [1.165, 1.54) is 48.5 Å². The van der Waals surface area contributed by atoms with E-state index >= 15 is 0 Å². The first-order valence-corrected chi connectivity index (χ1v) is 14.8. The number of anilines is 3. The Bertz CT molecular complexity index is 1880. The van der Waals surface area contributed by atoms with E-state index in [0.717, 1.165) is 17.0 Å². The van der Waals surface area contributed by atoms with E-state index in [9.17, 15) is 23.6 Å². The second kappa shape index (κ2) is 11.4. The molecule has 1 fully saturated rings. The Morgan fingerprint density at radius 3 is 2.05 bits per heavy atom. The van der Waals surface area contributed by atoms with E-state index in [4.69, 9.17) is 58.0 Å². The van der Waals surface area contributed by atoms with Crippen molar-refractivity contribution in [3.63, 3.8) is 0 Å². The monoisotopic (exact) mass is 689 g/mol. The number of nitrogens with zero attached hydrogens (tertiary/aromatic N) is 1. The van der Waals surface area contributed by atoms with E-state index in [0.29, 0.717) is 15.6 Å². The molecule has 4 aromatic carbocycles. The van der Waals surface area contributed by atoms with Gasteiger partial charge in [-0.1, -0.05) is 34.8 Å². The third kappa shape index (κ3) is 5.53. The number of carbonyl (C=O) groups excluding carboxylic acids is 4. The number of alkyl halides is 2. The van der Waals surface area contributed by atoms with Gasteiger partial charge in [0.2, 0.25) is 5.91 Å². The van der Waals surface area contributed by atoms with E-state index < -0.39 is 45.6 Å². The second-order valence-electron chi connectivity index (χ2n) is 10.2. The number of carbonyl (C=O) groups is 4. The molecule has 2 aliphatic rings. The van der Waals surface area contributed by atoms with Gasteiger partial charge in [-0.3, -0.25) is 19.2 Å². The van der Waals surface area contributed by atoms with Gasteiger partial charge in [-0.25, -0.2) is 9.29 Å². The number of nitrogens with one attached hydrogen (secondary N) is 2. The van der Waals surface area contributed by atoms with Crippen LogP contribution in [0.3, 0.4) is 0 Å². The van der Waals surface area contributed by atoms with Crippen molar-refractivity contribution in [1.82, 2.24) is 0 Å². The van der Waals surface area contributed by atoms with Crippen LogP contribution in [-0.2, 0) is 4.79 Å². The van der Waals surface area contributed by atoms with Gasteiger partial charge in [0.25, 0.3) is 17.7 Å². The summed E-state index contributed by atoms with van der Waals surface area (Å²) >= 11 is 31.4. The van der Waals surface area contributed by atoms with Gasteiger partial charge in [-0.15, -0.1) is 23.2 Å². The third-order valence-electron chi connectivity index (χ3n) is 7.29. The molecule has 6 rings (SSSR count). The Morgan fingerprint density at radius 1 is 0.750 bits per heavy atom. The summed E-state index contributed by atoms with van der Waals surface area (Å²) in [5, 5.41) is 6.22. The average Bonchev–Trinajstić information content (AvgIpc) is 3.47. The van der Waals surface area contributed by atoms with Crippen molar-refractivity contribution in [2.24, 2.45) is 5.92 Å². The molecule has 0 radical (unpaired) electrons. The molecular formula is C31H17Cl5FN3O4. The fourth-order valence-corrected chi connectivity index (χ4v) is 6.74. The first kappa shape index (κ1) is 30.4. The van der Waals surface area contributed by atoms with Crippen LogP contribution in [0.2, 0.25) is 15.1 Å². The standard InChI is InChI=1S/C31H17Cl5FN3O4/c32-15-9-14(10-16(33)11-15)25-26(31(25,35)36)28(42)39-19-4-8-24(34)23(13-19)27(41)38-18-3-7-21-22(12-18)30(44)40(29(21)43)20-5-1-17(37)2-6-20/h1-13,25-26H,(H,38,41)(H,39,42)/t25-,26+/m0/s1. The molecule has 1 saturated carbocycles. The smallest absolute Gasteiger partial charge is 0.266 e. The van der Waals surface area contributed by atoms with Crippen LogP contribution < -0.4 is 15.5 Å². The van der Waals surface area contributed by atoms with Crippen LogP contribution in [0.4, 0.5) is 21.5 Å². The molecule has 222 valence electrons. The predicted octanol–water partition coefficient (Wildman–Crippen LogP) is 8.36.